The zero-order valence-corrected chi connectivity index (χ0v) is 12.8. The lowest BCUT2D eigenvalue weighted by Gasteiger charge is -2.29. The van der Waals surface area contributed by atoms with E-state index in [1.165, 1.54) is 6.07 Å². The second-order valence-corrected chi connectivity index (χ2v) is 6.70. The highest BCUT2D eigenvalue weighted by molar-refractivity contribution is 5.87. The molecule has 2 N–H and O–H groups in total. The van der Waals surface area contributed by atoms with E-state index in [1.807, 2.05) is 20.8 Å². The van der Waals surface area contributed by atoms with Crippen LogP contribution in [-0.2, 0) is 10.2 Å². The molecule has 0 saturated carbocycles. The minimum Gasteiger partial charge on any atom is -0.391 e. The Hall–Kier alpha value is -1.42. The highest BCUT2D eigenvalue weighted by Crippen LogP contribution is 2.26. The predicted octanol–water partition coefficient (Wildman–Crippen LogP) is 2.63. The Kier molecular flexibility index (Phi) is 4.92. The summed E-state index contributed by atoms with van der Waals surface area (Å²) in [6.45, 7) is 9.18. The summed E-state index contributed by atoms with van der Waals surface area (Å²) in [6, 6.07) is 6.25. The summed E-state index contributed by atoms with van der Waals surface area (Å²) in [5, 5.41) is 12.6. The fraction of sp³-hybridized carbons (Fsp3) is 0.562. The van der Waals surface area contributed by atoms with Crippen LogP contribution in [0.3, 0.4) is 0 Å². The van der Waals surface area contributed by atoms with Gasteiger partial charge in [0.2, 0.25) is 5.91 Å². The van der Waals surface area contributed by atoms with E-state index in [2.05, 4.69) is 5.32 Å². The van der Waals surface area contributed by atoms with Crippen molar-refractivity contribution in [3.63, 3.8) is 0 Å². The molecular weight excluding hydrogens is 257 g/mol. The van der Waals surface area contributed by atoms with E-state index in [-0.39, 0.29) is 17.9 Å². The first-order valence-corrected chi connectivity index (χ1v) is 6.78. The van der Waals surface area contributed by atoms with Gasteiger partial charge in [-0.1, -0.05) is 39.0 Å². The van der Waals surface area contributed by atoms with Crippen LogP contribution in [0.2, 0.25) is 0 Å². The van der Waals surface area contributed by atoms with Crippen LogP contribution in [0.15, 0.2) is 24.3 Å². The van der Waals surface area contributed by atoms with Crippen molar-refractivity contribution in [3.8, 4) is 0 Å². The number of halogens is 1. The van der Waals surface area contributed by atoms with Gasteiger partial charge >= 0.3 is 0 Å². The van der Waals surface area contributed by atoms with Crippen LogP contribution >= 0.6 is 0 Å². The number of carbonyl (C=O) groups is 1. The van der Waals surface area contributed by atoms with Gasteiger partial charge in [-0.15, -0.1) is 0 Å². The van der Waals surface area contributed by atoms with E-state index >= 15 is 0 Å². The third kappa shape index (κ3) is 3.79. The first-order valence-electron chi connectivity index (χ1n) is 6.78. The summed E-state index contributed by atoms with van der Waals surface area (Å²) >= 11 is 0. The first-order chi connectivity index (χ1) is 9.06. The molecule has 0 spiro atoms. The maximum Gasteiger partial charge on any atom is 0.230 e. The molecular formula is C16H24FNO2. The summed E-state index contributed by atoms with van der Waals surface area (Å²) in [6.07, 6.45) is -0.650. The Balaban J connectivity index is 2.79. The van der Waals surface area contributed by atoms with Gasteiger partial charge in [0.15, 0.2) is 0 Å². The molecule has 0 saturated heterocycles. The van der Waals surface area contributed by atoms with Gasteiger partial charge in [0.25, 0.3) is 0 Å². The molecule has 0 aliphatic heterocycles. The van der Waals surface area contributed by atoms with Crippen molar-refractivity contribution in [1.82, 2.24) is 5.32 Å². The Morgan fingerprint density at radius 2 is 1.80 bits per heavy atom. The maximum absolute atomic E-state index is 13.8. The molecule has 4 heteroatoms. The van der Waals surface area contributed by atoms with Crippen LogP contribution in [0.5, 0.6) is 0 Å². The molecule has 1 aromatic carbocycles. The van der Waals surface area contributed by atoms with Crippen LogP contribution in [-0.4, -0.2) is 23.7 Å². The van der Waals surface area contributed by atoms with Crippen molar-refractivity contribution in [2.75, 3.05) is 6.54 Å². The third-order valence-corrected chi connectivity index (χ3v) is 3.57. The Morgan fingerprint density at radius 3 is 2.30 bits per heavy atom. The number of aliphatic hydroxyl groups is 1. The molecule has 3 nitrogen and oxygen atoms in total. The van der Waals surface area contributed by atoms with Crippen molar-refractivity contribution in [2.45, 2.75) is 46.1 Å². The van der Waals surface area contributed by atoms with Gasteiger partial charge in [-0.3, -0.25) is 4.79 Å². The zero-order chi connectivity index (χ0) is 15.6. The van der Waals surface area contributed by atoms with Crippen LogP contribution in [0, 0.1) is 11.2 Å². The van der Waals surface area contributed by atoms with Crippen molar-refractivity contribution >= 4 is 5.91 Å². The molecule has 1 rings (SSSR count). The normalized spacial score (nSPS) is 13.9. The average Bonchev–Trinajstić information content (AvgIpc) is 2.34. The van der Waals surface area contributed by atoms with E-state index in [4.69, 9.17) is 0 Å². The predicted molar refractivity (Wildman–Crippen MR) is 77.9 cm³/mol. The van der Waals surface area contributed by atoms with E-state index in [0.29, 0.717) is 5.56 Å². The number of hydrogen-bond acceptors (Lipinski definition) is 2. The second kappa shape index (κ2) is 5.92. The molecule has 0 heterocycles. The Labute approximate surface area is 120 Å². The molecule has 1 aromatic rings. The van der Waals surface area contributed by atoms with Gasteiger partial charge in [-0.05, 0) is 25.3 Å². The van der Waals surface area contributed by atoms with E-state index in [9.17, 15) is 14.3 Å². The van der Waals surface area contributed by atoms with Crippen LogP contribution < -0.4 is 5.32 Å². The summed E-state index contributed by atoms with van der Waals surface area (Å²) in [7, 11) is 0. The maximum atomic E-state index is 13.8. The topological polar surface area (TPSA) is 49.3 Å². The van der Waals surface area contributed by atoms with Gasteiger partial charge < -0.3 is 10.4 Å². The fourth-order valence-electron chi connectivity index (χ4n) is 1.81. The molecule has 112 valence electrons. The smallest absolute Gasteiger partial charge is 0.230 e. The monoisotopic (exact) mass is 281 g/mol. The lowest BCUT2D eigenvalue weighted by molar-refractivity contribution is -0.126. The zero-order valence-electron chi connectivity index (χ0n) is 12.8. The first kappa shape index (κ1) is 16.6. The number of nitrogens with one attached hydrogen (secondary N) is 1. The average molecular weight is 281 g/mol. The fourth-order valence-corrected chi connectivity index (χ4v) is 1.81. The van der Waals surface area contributed by atoms with Crippen molar-refractivity contribution in [3.05, 3.63) is 35.6 Å². The van der Waals surface area contributed by atoms with Gasteiger partial charge in [-0.25, -0.2) is 4.39 Å². The molecule has 0 aliphatic rings. The van der Waals surface area contributed by atoms with Gasteiger partial charge in [-0.2, -0.15) is 0 Å². The van der Waals surface area contributed by atoms with Gasteiger partial charge in [0, 0.05) is 12.1 Å². The molecule has 1 amide bonds. The second-order valence-electron chi connectivity index (χ2n) is 6.70. The molecule has 0 fully saturated rings. The van der Waals surface area contributed by atoms with Crippen molar-refractivity contribution in [1.29, 1.82) is 0 Å². The van der Waals surface area contributed by atoms with Crippen molar-refractivity contribution in [2.24, 2.45) is 5.41 Å². The Bertz CT molecular complexity index is 478. The minimum absolute atomic E-state index is 0.153. The molecule has 0 aromatic heterocycles. The molecule has 0 aliphatic carbocycles. The SMILES string of the molecule is CC(C)(C(=O)NCC(O)C(C)(C)C)c1ccccc1F. The highest BCUT2D eigenvalue weighted by atomic mass is 19.1. The lowest BCUT2D eigenvalue weighted by atomic mass is 9.83. The molecule has 1 atom stereocenters. The number of hydrogen-bond donors (Lipinski definition) is 2. The third-order valence-electron chi connectivity index (χ3n) is 3.57. The largest absolute Gasteiger partial charge is 0.391 e. The van der Waals surface area contributed by atoms with Crippen LogP contribution in [0.4, 0.5) is 4.39 Å². The molecule has 0 radical (unpaired) electrons. The number of rotatable bonds is 4. The lowest BCUT2D eigenvalue weighted by Crippen LogP contribution is -2.46. The summed E-state index contributed by atoms with van der Waals surface area (Å²) in [5.74, 6) is -0.699. The minimum atomic E-state index is -0.983. The molecule has 0 bridgehead atoms. The standard InChI is InChI=1S/C16H24FNO2/c1-15(2,3)13(19)10-18-14(20)16(4,5)11-8-6-7-9-12(11)17/h6-9,13,19H,10H2,1-5H3,(H,18,20). The van der Waals surface area contributed by atoms with E-state index in [0.717, 1.165) is 0 Å². The summed E-state index contributed by atoms with van der Waals surface area (Å²) < 4.78 is 13.8. The number of carbonyl (C=O) groups excluding carboxylic acids is 1. The summed E-state index contributed by atoms with van der Waals surface area (Å²) in [4.78, 5) is 12.3. The number of benzene rings is 1. The summed E-state index contributed by atoms with van der Waals surface area (Å²) in [5.41, 5.74) is -0.944. The number of amides is 1. The quantitative estimate of drug-likeness (QED) is 0.891. The van der Waals surface area contributed by atoms with Gasteiger partial charge in [0.05, 0.1) is 11.5 Å². The van der Waals surface area contributed by atoms with Gasteiger partial charge in [0.1, 0.15) is 5.82 Å². The van der Waals surface area contributed by atoms with E-state index < -0.39 is 17.3 Å². The molecule has 1 unspecified atom stereocenters. The Morgan fingerprint density at radius 1 is 1.25 bits per heavy atom. The van der Waals surface area contributed by atoms with Crippen LogP contribution in [0.1, 0.15) is 40.2 Å². The van der Waals surface area contributed by atoms with Crippen molar-refractivity contribution < 1.29 is 14.3 Å². The molecule has 20 heavy (non-hydrogen) atoms. The van der Waals surface area contributed by atoms with Crippen LogP contribution in [0.25, 0.3) is 0 Å². The highest BCUT2D eigenvalue weighted by Gasteiger charge is 2.33. The number of aliphatic hydroxyl groups excluding tert-OH is 1. The van der Waals surface area contributed by atoms with E-state index in [1.54, 1.807) is 32.0 Å².